The molecule has 0 aliphatic heterocycles. The maximum absolute atomic E-state index is 13.8. The molecule has 2 aromatic rings. The fourth-order valence-electron chi connectivity index (χ4n) is 2.71. The molecule has 1 saturated carbocycles. The van der Waals surface area contributed by atoms with Gasteiger partial charge in [0.25, 0.3) is 0 Å². The van der Waals surface area contributed by atoms with Crippen molar-refractivity contribution in [3.63, 3.8) is 0 Å². The second kappa shape index (κ2) is 8.01. The van der Waals surface area contributed by atoms with Crippen molar-refractivity contribution in [2.24, 2.45) is 0 Å². The van der Waals surface area contributed by atoms with Crippen LogP contribution in [0, 0.1) is 11.8 Å². The Morgan fingerprint density at radius 2 is 1.87 bits per heavy atom. The number of nitrogens with two attached hydrogens (primary N) is 1. The summed E-state index contributed by atoms with van der Waals surface area (Å²) in [7, 11) is 0. The number of aliphatic hydroxyl groups is 1. The van der Waals surface area contributed by atoms with E-state index in [9.17, 15) is 8.78 Å². The minimum absolute atomic E-state index is 0.128. The number of aromatic nitrogens is 3. The lowest BCUT2D eigenvalue weighted by molar-refractivity contribution is 0.318. The molecular formula is C16H22F2N4O. The van der Waals surface area contributed by atoms with Crippen LogP contribution >= 0.6 is 0 Å². The Hall–Kier alpha value is -2.02. The Kier molecular flexibility index (Phi) is 6.04. The minimum Gasteiger partial charge on any atom is -0.397 e. The summed E-state index contributed by atoms with van der Waals surface area (Å²) in [6.45, 7) is 1.93. The summed E-state index contributed by atoms with van der Waals surface area (Å²) in [5.74, 6) is -1.36. The lowest BCUT2D eigenvalue weighted by Crippen LogP contribution is -2.13. The molecule has 1 aliphatic carbocycles. The van der Waals surface area contributed by atoms with Crippen LogP contribution in [-0.4, -0.2) is 26.5 Å². The lowest BCUT2D eigenvalue weighted by atomic mass is 9.96. The zero-order chi connectivity index (χ0) is 16.8. The third-order valence-electron chi connectivity index (χ3n) is 3.75. The predicted octanol–water partition coefficient (Wildman–Crippen LogP) is 3.31. The topological polar surface area (TPSA) is 77.0 Å². The predicted molar refractivity (Wildman–Crippen MR) is 84.7 cm³/mol. The Morgan fingerprint density at radius 1 is 1.22 bits per heavy atom. The molecule has 2 aromatic heterocycles. The van der Waals surface area contributed by atoms with E-state index in [2.05, 4.69) is 10.1 Å². The number of halogens is 2. The fourth-order valence-corrected chi connectivity index (χ4v) is 2.71. The Balaban J connectivity index is 0.000000595. The van der Waals surface area contributed by atoms with Crippen molar-refractivity contribution in [1.29, 1.82) is 0 Å². The van der Waals surface area contributed by atoms with Gasteiger partial charge in [-0.15, -0.1) is 0 Å². The van der Waals surface area contributed by atoms with Gasteiger partial charge in [0.15, 0.2) is 5.82 Å². The van der Waals surface area contributed by atoms with Crippen LogP contribution < -0.4 is 5.73 Å². The standard InChI is InChI=1S/C14H16F2N4.C2H6O/c15-10-6-7-12(16)18-13(10)14-11(17)8-20(19-14)9-4-2-1-3-5-9;1-2-3/h6-9H,1-5,17H2;3H,2H2,1H3. The van der Waals surface area contributed by atoms with E-state index in [0.29, 0.717) is 5.69 Å². The van der Waals surface area contributed by atoms with Gasteiger partial charge in [0.1, 0.15) is 11.4 Å². The van der Waals surface area contributed by atoms with Crippen LogP contribution in [0.3, 0.4) is 0 Å². The summed E-state index contributed by atoms with van der Waals surface area (Å²) in [6, 6.07) is 2.31. The molecule has 0 amide bonds. The molecule has 0 aromatic carbocycles. The van der Waals surface area contributed by atoms with Crippen LogP contribution in [0.4, 0.5) is 14.5 Å². The first-order valence-electron chi connectivity index (χ1n) is 7.84. The molecule has 3 rings (SSSR count). The zero-order valence-electron chi connectivity index (χ0n) is 13.2. The van der Waals surface area contributed by atoms with Crippen molar-refractivity contribution in [1.82, 2.24) is 14.8 Å². The maximum Gasteiger partial charge on any atom is 0.213 e. The molecule has 0 saturated heterocycles. The van der Waals surface area contributed by atoms with Crippen molar-refractivity contribution in [2.75, 3.05) is 12.3 Å². The number of hydrogen-bond donors (Lipinski definition) is 2. The molecule has 7 heteroatoms. The van der Waals surface area contributed by atoms with Gasteiger partial charge in [-0.2, -0.15) is 9.49 Å². The highest BCUT2D eigenvalue weighted by atomic mass is 19.1. The number of rotatable bonds is 2. The lowest BCUT2D eigenvalue weighted by Gasteiger charge is -2.21. The monoisotopic (exact) mass is 324 g/mol. The number of pyridine rings is 1. The van der Waals surface area contributed by atoms with E-state index >= 15 is 0 Å². The first kappa shape index (κ1) is 17.3. The van der Waals surface area contributed by atoms with Crippen LogP contribution in [0.5, 0.6) is 0 Å². The summed E-state index contributed by atoms with van der Waals surface area (Å²) in [4.78, 5) is 3.56. The van der Waals surface area contributed by atoms with Crippen molar-refractivity contribution in [2.45, 2.75) is 45.1 Å². The molecule has 0 bridgehead atoms. The molecule has 0 unspecified atom stereocenters. The van der Waals surface area contributed by atoms with Gasteiger partial charge in [-0.3, -0.25) is 4.68 Å². The van der Waals surface area contributed by atoms with Gasteiger partial charge in [0, 0.05) is 12.8 Å². The van der Waals surface area contributed by atoms with Crippen LogP contribution in [0.15, 0.2) is 18.3 Å². The smallest absolute Gasteiger partial charge is 0.213 e. The quantitative estimate of drug-likeness (QED) is 0.831. The largest absolute Gasteiger partial charge is 0.397 e. The van der Waals surface area contributed by atoms with Crippen LogP contribution in [0.25, 0.3) is 11.4 Å². The molecule has 1 aliphatic rings. The SMILES string of the molecule is CCO.Nc1cn(C2CCCCC2)nc1-c1nc(F)ccc1F. The molecule has 5 nitrogen and oxygen atoms in total. The molecule has 0 radical (unpaired) electrons. The molecule has 2 heterocycles. The van der Waals surface area contributed by atoms with E-state index in [1.54, 1.807) is 17.8 Å². The summed E-state index contributed by atoms with van der Waals surface area (Å²) >= 11 is 0. The molecule has 3 N–H and O–H groups in total. The fraction of sp³-hybridized carbons (Fsp3) is 0.500. The maximum atomic E-state index is 13.8. The van der Waals surface area contributed by atoms with E-state index in [0.717, 1.165) is 37.8 Å². The van der Waals surface area contributed by atoms with Gasteiger partial charge in [-0.05, 0) is 31.9 Å². The molecule has 23 heavy (non-hydrogen) atoms. The van der Waals surface area contributed by atoms with Crippen LogP contribution in [0.1, 0.15) is 45.1 Å². The van der Waals surface area contributed by atoms with Crippen molar-refractivity contribution in [3.8, 4) is 11.4 Å². The van der Waals surface area contributed by atoms with Crippen molar-refractivity contribution < 1.29 is 13.9 Å². The summed E-state index contributed by atoms with van der Waals surface area (Å²) < 4.78 is 28.7. The minimum atomic E-state index is -0.743. The highest BCUT2D eigenvalue weighted by Crippen LogP contribution is 2.31. The highest BCUT2D eigenvalue weighted by molar-refractivity contribution is 5.69. The molecule has 0 atom stereocenters. The van der Waals surface area contributed by atoms with E-state index in [1.165, 1.54) is 6.42 Å². The summed E-state index contributed by atoms with van der Waals surface area (Å²) in [5, 5.41) is 11.9. The molecule has 1 fully saturated rings. The van der Waals surface area contributed by atoms with Gasteiger partial charge < -0.3 is 10.8 Å². The second-order valence-electron chi connectivity index (χ2n) is 5.49. The zero-order valence-corrected chi connectivity index (χ0v) is 13.2. The normalized spacial score (nSPS) is 15.1. The van der Waals surface area contributed by atoms with Crippen molar-refractivity contribution >= 4 is 5.69 Å². The van der Waals surface area contributed by atoms with Gasteiger partial charge in [-0.1, -0.05) is 19.3 Å². The number of nitrogens with zero attached hydrogens (tertiary/aromatic N) is 3. The average Bonchev–Trinajstić information content (AvgIpc) is 2.93. The van der Waals surface area contributed by atoms with Gasteiger partial charge in [0.2, 0.25) is 5.95 Å². The summed E-state index contributed by atoms with van der Waals surface area (Å²) in [6.07, 6.45) is 7.33. The van der Waals surface area contributed by atoms with E-state index in [1.807, 2.05) is 0 Å². The highest BCUT2D eigenvalue weighted by Gasteiger charge is 2.20. The third kappa shape index (κ3) is 4.25. The Bertz CT molecular complexity index is 639. The Morgan fingerprint density at radius 3 is 2.52 bits per heavy atom. The third-order valence-corrected chi connectivity index (χ3v) is 3.75. The average molecular weight is 324 g/mol. The van der Waals surface area contributed by atoms with E-state index < -0.39 is 11.8 Å². The summed E-state index contributed by atoms with van der Waals surface area (Å²) in [5.41, 5.74) is 6.30. The van der Waals surface area contributed by atoms with Crippen LogP contribution in [-0.2, 0) is 0 Å². The Labute approximate surface area is 134 Å². The van der Waals surface area contributed by atoms with Gasteiger partial charge in [0.05, 0.1) is 11.7 Å². The number of hydrogen-bond acceptors (Lipinski definition) is 4. The van der Waals surface area contributed by atoms with E-state index in [-0.39, 0.29) is 24.0 Å². The van der Waals surface area contributed by atoms with Gasteiger partial charge in [-0.25, -0.2) is 9.37 Å². The molecule has 0 spiro atoms. The van der Waals surface area contributed by atoms with E-state index in [4.69, 9.17) is 10.8 Å². The first-order valence-corrected chi connectivity index (χ1v) is 7.84. The first-order chi connectivity index (χ1) is 11.1. The molecular weight excluding hydrogens is 302 g/mol. The van der Waals surface area contributed by atoms with Gasteiger partial charge >= 0.3 is 0 Å². The number of anilines is 1. The van der Waals surface area contributed by atoms with Crippen molar-refractivity contribution in [3.05, 3.63) is 30.1 Å². The number of aliphatic hydroxyl groups excluding tert-OH is 1. The molecule has 126 valence electrons. The van der Waals surface area contributed by atoms with Crippen LogP contribution in [0.2, 0.25) is 0 Å². The number of nitrogen functional groups attached to an aromatic ring is 1. The second-order valence-corrected chi connectivity index (χ2v) is 5.49.